The third-order valence-corrected chi connectivity index (χ3v) is 2.05. The molecule has 1 saturated heterocycles. The van der Waals surface area contributed by atoms with Crippen LogP contribution in [0.3, 0.4) is 0 Å². The van der Waals surface area contributed by atoms with Crippen molar-refractivity contribution in [2.75, 3.05) is 13.1 Å². The van der Waals surface area contributed by atoms with Crippen LogP contribution in [0, 0.1) is 14.4 Å². The van der Waals surface area contributed by atoms with Crippen LogP contribution < -0.4 is 5.32 Å². The molecule has 69 valence electrons. The summed E-state index contributed by atoms with van der Waals surface area (Å²) in [4.78, 5) is 10.5. The normalized spacial score (nSPS) is 22.2. The van der Waals surface area contributed by atoms with E-state index in [0.29, 0.717) is 6.04 Å². The molecule has 3 nitrogen and oxygen atoms in total. The Morgan fingerprint density at radius 1 is 1.67 bits per heavy atom. The molecule has 0 aromatic carbocycles. The summed E-state index contributed by atoms with van der Waals surface area (Å²) < 4.78 is 2.11. The summed E-state index contributed by atoms with van der Waals surface area (Å²) in [6.45, 7) is 5.21. The summed E-state index contributed by atoms with van der Waals surface area (Å²) in [5.41, 5.74) is 0. The summed E-state index contributed by atoms with van der Waals surface area (Å²) >= 11 is 0. The van der Waals surface area contributed by atoms with E-state index in [4.69, 9.17) is 0 Å². The maximum Gasteiger partial charge on any atom is 0.0799 e. The Kier molecular flexibility index (Phi) is 9.26. The van der Waals surface area contributed by atoms with Crippen LogP contribution in [0.5, 0.6) is 0 Å². The maximum absolute atomic E-state index is 10.5. The number of carbonyl (C=O) groups excluding carboxylic acids is 1. The molecule has 1 amide bonds. The third-order valence-electron chi connectivity index (χ3n) is 1.58. The van der Waals surface area contributed by atoms with Gasteiger partial charge in [0.25, 0.3) is 0 Å². The Morgan fingerprint density at radius 2 is 2.25 bits per heavy atom. The number of rotatable bonds is 1. The zero-order valence-electron chi connectivity index (χ0n) is 7.42. The van der Waals surface area contributed by atoms with Crippen molar-refractivity contribution in [3.63, 3.8) is 0 Å². The average molecular weight is 263 g/mol. The maximum atomic E-state index is 10.5. The van der Waals surface area contributed by atoms with Gasteiger partial charge in [0.2, 0.25) is 0 Å². The first-order valence-electron chi connectivity index (χ1n) is 3.30. The van der Waals surface area contributed by atoms with Gasteiger partial charge in [0.05, 0.1) is 5.91 Å². The van der Waals surface area contributed by atoms with Gasteiger partial charge in [-0.25, -0.2) is 0 Å². The molecule has 1 heterocycles. The first kappa shape index (κ1) is 15.3. The van der Waals surface area contributed by atoms with Crippen LogP contribution in [0.4, 0.5) is 0 Å². The topological polar surface area (TPSA) is 32.3 Å². The molecule has 0 aromatic rings. The van der Waals surface area contributed by atoms with Crippen molar-refractivity contribution < 1.29 is 37.5 Å². The van der Waals surface area contributed by atoms with Gasteiger partial charge >= 0.3 is 0 Å². The first-order valence-corrected chi connectivity index (χ1v) is 3.82. The minimum absolute atomic E-state index is 0. The van der Waals surface area contributed by atoms with Crippen LogP contribution in [0.25, 0.3) is 0 Å². The number of nitrogens with one attached hydrogen (secondary N) is 1. The molecular formula is C7H15N2OPY-2. The van der Waals surface area contributed by atoms with E-state index in [1.807, 2.05) is 0 Å². The van der Waals surface area contributed by atoms with E-state index >= 15 is 0 Å². The number of hydrogen-bond donors (Lipinski definition) is 1. The summed E-state index contributed by atoms with van der Waals surface area (Å²) in [7, 11) is 2.62. The van der Waals surface area contributed by atoms with E-state index in [1.54, 1.807) is 0 Å². The molecule has 12 heavy (non-hydrogen) atoms. The van der Waals surface area contributed by atoms with Crippen molar-refractivity contribution in [2.24, 2.45) is 0 Å². The van der Waals surface area contributed by atoms with Crippen molar-refractivity contribution >= 4 is 15.3 Å². The fourth-order valence-corrected chi connectivity index (χ4v) is 1.54. The van der Waals surface area contributed by atoms with Crippen molar-refractivity contribution in [1.82, 2.24) is 9.99 Å². The van der Waals surface area contributed by atoms with Gasteiger partial charge in [-0.1, -0.05) is 9.39 Å². The molecule has 0 aliphatic carbocycles. The Labute approximate surface area is 102 Å². The number of nitrogens with zero attached hydrogens (tertiary/aromatic N) is 1. The van der Waals surface area contributed by atoms with Crippen molar-refractivity contribution in [2.45, 2.75) is 12.5 Å². The number of hydrogen-bond acceptors (Lipinski definition) is 2. The van der Waals surface area contributed by atoms with Gasteiger partial charge in [-0.2, -0.15) is 0 Å². The predicted octanol–water partition coefficient (Wildman–Crippen LogP) is 0.249. The van der Waals surface area contributed by atoms with Crippen LogP contribution in [0.1, 0.15) is 6.42 Å². The SMILES string of the molecule is [CH2-]C(=O)NC1CCN(P)C1.[CH3-].[Y]. The zero-order chi connectivity index (χ0) is 7.56. The minimum Gasteiger partial charge on any atom is -0.377 e. The summed E-state index contributed by atoms with van der Waals surface area (Å²) in [5.74, 6) is -0.176. The molecule has 1 fully saturated rings. The molecule has 1 radical (unpaired) electrons. The molecule has 1 aliphatic rings. The Morgan fingerprint density at radius 3 is 2.58 bits per heavy atom. The van der Waals surface area contributed by atoms with E-state index in [9.17, 15) is 4.79 Å². The Hall–Kier alpha value is 0.834. The average Bonchev–Trinajstić information content (AvgIpc) is 2.13. The molecule has 0 saturated carbocycles. The first-order chi connectivity index (χ1) is 4.68. The molecule has 2 atom stereocenters. The fraction of sp³-hybridized carbons (Fsp3) is 0.571. The molecule has 0 bridgehead atoms. The fourth-order valence-electron chi connectivity index (χ4n) is 1.13. The molecule has 5 heteroatoms. The van der Waals surface area contributed by atoms with Crippen LogP contribution in [-0.2, 0) is 37.5 Å². The van der Waals surface area contributed by atoms with Gasteiger partial charge in [-0.15, -0.1) is 0 Å². The quantitative estimate of drug-likeness (QED) is 0.543. The second-order valence-corrected chi connectivity index (χ2v) is 3.28. The third kappa shape index (κ3) is 5.47. The monoisotopic (exact) mass is 263 g/mol. The van der Waals surface area contributed by atoms with Crippen LogP contribution >= 0.6 is 9.39 Å². The summed E-state index contributed by atoms with van der Waals surface area (Å²) in [6.07, 6.45) is 1.03. The smallest absolute Gasteiger partial charge is 0.0799 e. The van der Waals surface area contributed by atoms with Crippen molar-refractivity contribution in [3.05, 3.63) is 14.4 Å². The second-order valence-electron chi connectivity index (χ2n) is 2.55. The summed E-state index contributed by atoms with van der Waals surface area (Å²) in [6, 6.07) is 0.308. The molecule has 1 aliphatic heterocycles. The molecule has 1 N–H and O–H groups in total. The van der Waals surface area contributed by atoms with Gasteiger partial charge in [0.1, 0.15) is 0 Å². The van der Waals surface area contributed by atoms with Gasteiger partial charge in [-0.3, -0.25) is 4.67 Å². The molecule has 0 spiro atoms. The molecule has 1 rings (SSSR count). The molecular weight excluding hydrogens is 248 g/mol. The van der Waals surface area contributed by atoms with Gasteiger partial charge in [0, 0.05) is 51.8 Å². The summed E-state index contributed by atoms with van der Waals surface area (Å²) in [5, 5.41) is 2.77. The molecule has 2 unspecified atom stereocenters. The van der Waals surface area contributed by atoms with E-state index in [1.165, 1.54) is 0 Å². The van der Waals surface area contributed by atoms with Crippen molar-refractivity contribution in [3.8, 4) is 0 Å². The van der Waals surface area contributed by atoms with E-state index in [2.05, 4.69) is 26.3 Å². The van der Waals surface area contributed by atoms with E-state index in [-0.39, 0.29) is 46.0 Å². The van der Waals surface area contributed by atoms with Crippen LogP contribution in [-0.4, -0.2) is 29.7 Å². The van der Waals surface area contributed by atoms with Crippen LogP contribution in [0.15, 0.2) is 0 Å². The zero-order valence-corrected chi connectivity index (χ0v) is 11.4. The largest absolute Gasteiger partial charge is 0.377 e. The second kappa shape index (κ2) is 7.26. The predicted molar refractivity (Wildman–Crippen MR) is 49.6 cm³/mol. The standard InChI is InChI=1S/C6H12N2OP.CH3.Y/c1-5(9)7-6-2-3-8(10)4-6;;/h6H,1-4,10H2,(H,7,9);1H3;/q2*-1;. The number of carbonyl (C=O) groups is 1. The van der Waals surface area contributed by atoms with E-state index < -0.39 is 0 Å². The number of amides is 1. The Balaban J connectivity index is 0. The van der Waals surface area contributed by atoms with Gasteiger partial charge in [-0.05, 0) is 6.42 Å². The molecule has 0 aromatic heterocycles. The van der Waals surface area contributed by atoms with Crippen molar-refractivity contribution in [1.29, 1.82) is 0 Å². The van der Waals surface area contributed by atoms with Gasteiger partial charge in [0.15, 0.2) is 0 Å². The minimum atomic E-state index is -0.176. The van der Waals surface area contributed by atoms with E-state index in [0.717, 1.165) is 19.5 Å². The Bertz CT molecular complexity index is 145. The van der Waals surface area contributed by atoms with Gasteiger partial charge < -0.3 is 24.5 Å². The van der Waals surface area contributed by atoms with Crippen LogP contribution in [0.2, 0.25) is 0 Å².